The average Bonchev–Trinajstić information content (AvgIpc) is 3.42. The van der Waals surface area contributed by atoms with Gasteiger partial charge in [-0.05, 0) is 24.3 Å². The molecule has 9 nitrogen and oxygen atoms in total. The summed E-state index contributed by atoms with van der Waals surface area (Å²) in [4.78, 5) is 15.4. The van der Waals surface area contributed by atoms with Crippen molar-refractivity contribution in [3.05, 3.63) is 29.3 Å². The Hall–Kier alpha value is -3.01. The Kier molecular flexibility index (Phi) is 4.48. The number of hydrogen-bond donors (Lipinski definition) is 1. The van der Waals surface area contributed by atoms with Gasteiger partial charge in [0, 0.05) is 19.2 Å². The van der Waals surface area contributed by atoms with Crippen LogP contribution in [-0.2, 0) is 0 Å². The standard InChI is InChI=1S/C16H16N6O3S/c1-24-10-9-12(22-6-2-3-7-22)18-19-13(10)14(23)17-16-21-20-15(25-16)11-5-4-8-26-11/h4-5,8-9H,2-3,6-7H2,1H3,(H,17,21,23). The van der Waals surface area contributed by atoms with Crippen LogP contribution in [0.5, 0.6) is 5.75 Å². The van der Waals surface area contributed by atoms with Crippen molar-refractivity contribution < 1.29 is 13.9 Å². The average molecular weight is 372 g/mol. The molecule has 134 valence electrons. The second-order valence-electron chi connectivity index (χ2n) is 5.66. The Balaban J connectivity index is 1.52. The summed E-state index contributed by atoms with van der Waals surface area (Å²) < 4.78 is 10.8. The number of ether oxygens (including phenoxy) is 1. The van der Waals surface area contributed by atoms with E-state index in [1.807, 2.05) is 17.5 Å². The predicted octanol–water partition coefficient (Wildman–Crippen LogP) is 2.45. The number of hydrogen-bond acceptors (Lipinski definition) is 9. The summed E-state index contributed by atoms with van der Waals surface area (Å²) in [5.74, 6) is 0.868. The molecule has 10 heteroatoms. The van der Waals surface area contributed by atoms with E-state index in [2.05, 4.69) is 30.6 Å². The Morgan fingerprint density at radius 1 is 1.27 bits per heavy atom. The monoisotopic (exact) mass is 372 g/mol. The third-order valence-electron chi connectivity index (χ3n) is 3.99. The van der Waals surface area contributed by atoms with E-state index in [1.165, 1.54) is 18.4 Å². The molecule has 0 spiro atoms. The van der Waals surface area contributed by atoms with Gasteiger partial charge in [-0.3, -0.25) is 10.1 Å². The molecule has 0 saturated carbocycles. The topological polar surface area (TPSA) is 106 Å². The summed E-state index contributed by atoms with van der Waals surface area (Å²) in [7, 11) is 1.49. The molecule has 1 amide bonds. The van der Waals surface area contributed by atoms with Crippen LogP contribution in [-0.4, -0.2) is 46.5 Å². The van der Waals surface area contributed by atoms with Crippen molar-refractivity contribution in [3.8, 4) is 16.5 Å². The van der Waals surface area contributed by atoms with Crippen LogP contribution in [0.4, 0.5) is 11.8 Å². The minimum absolute atomic E-state index is 0.00845. The maximum atomic E-state index is 12.5. The molecule has 0 atom stereocenters. The van der Waals surface area contributed by atoms with Crippen LogP contribution in [0.2, 0.25) is 0 Å². The summed E-state index contributed by atoms with van der Waals surface area (Å²) in [5, 5.41) is 20.4. The third-order valence-corrected chi connectivity index (χ3v) is 4.85. The zero-order valence-corrected chi connectivity index (χ0v) is 14.8. The fraction of sp³-hybridized carbons (Fsp3) is 0.312. The Morgan fingerprint density at radius 2 is 2.12 bits per heavy atom. The van der Waals surface area contributed by atoms with Gasteiger partial charge in [-0.1, -0.05) is 11.2 Å². The van der Waals surface area contributed by atoms with Gasteiger partial charge < -0.3 is 14.1 Å². The quantitative estimate of drug-likeness (QED) is 0.728. The molecule has 1 saturated heterocycles. The number of nitrogens with zero attached hydrogens (tertiary/aromatic N) is 5. The van der Waals surface area contributed by atoms with Crippen LogP contribution in [0, 0.1) is 0 Å². The number of aromatic nitrogens is 4. The molecule has 4 rings (SSSR count). The Morgan fingerprint density at radius 3 is 2.85 bits per heavy atom. The summed E-state index contributed by atoms with van der Waals surface area (Å²) >= 11 is 1.47. The number of amides is 1. The van der Waals surface area contributed by atoms with Crippen LogP contribution < -0.4 is 15.0 Å². The van der Waals surface area contributed by atoms with Crippen molar-refractivity contribution in [3.63, 3.8) is 0 Å². The highest BCUT2D eigenvalue weighted by Crippen LogP contribution is 2.26. The highest BCUT2D eigenvalue weighted by Gasteiger charge is 2.22. The van der Waals surface area contributed by atoms with E-state index in [9.17, 15) is 4.79 Å². The first-order valence-electron chi connectivity index (χ1n) is 8.10. The Bertz CT molecular complexity index is 905. The number of carbonyl (C=O) groups is 1. The highest BCUT2D eigenvalue weighted by atomic mass is 32.1. The van der Waals surface area contributed by atoms with Crippen LogP contribution >= 0.6 is 11.3 Å². The van der Waals surface area contributed by atoms with Gasteiger partial charge in [0.25, 0.3) is 11.8 Å². The minimum Gasteiger partial charge on any atom is -0.494 e. The normalized spacial score (nSPS) is 13.8. The van der Waals surface area contributed by atoms with Crippen LogP contribution in [0.3, 0.4) is 0 Å². The number of thiophene rings is 1. The Labute approximate surface area is 153 Å². The van der Waals surface area contributed by atoms with E-state index in [4.69, 9.17) is 9.15 Å². The molecular formula is C16H16N6O3S. The highest BCUT2D eigenvalue weighted by molar-refractivity contribution is 7.13. The first kappa shape index (κ1) is 16.5. The van der Waals surface area contributed by atoms with Crippen molar-refractivity contribution in [2.75, 3.05) is 30.4 Å². The maximum Gasteiger partial charge on any atom is 0.322 e. The molecule has 0 aliphatic carbocycles. The van der Waals surface area contributed by atoms with Crippen molar-refractivity contribution in [1.82, 2.24) is 20.4 Å². The van der Waals surface area contributed by atoms with Gasteiger partial charge in [0.2, 0.25) is 0 Å². The number of methoxy groups -OCH3 is 1. The first-order chi connectivity index (χ1) is 12.7. The molecule has 1 aliphatic heterocycles. The molecule has 0 unspecified atom stereocenters. The van der Waals surface area contributed by atoms with Gasteiger partial charge in [-0.2, -0.15) is 0 Å². The maximum absolute atomic E-state index is 12.5. The van der Waals surface area contributed by atoms with Crippen molar-refractivity contribution in [2.24, 2.45) is 0 Å². The molecule has 0 bridgehead atoms. The molecule has 1 aliphatic rings. The lowest BCUT2D eigenvalue weighted by atomic mass is 10.3. The number of nitrogens with one attached hydrogen (secondary N) is 1. The largest absolute Gasteiger partial charge is 0.494 e. The number of rotatable bonds is 5. The van der Waals surface area contributed by atoms with Gasteiger partial charge in [0.15, 0.2) is 17.3 Å². The molecule has 0 radical (unpaired) electrons. The van der Waals surface area contributed by atoms with E-state index in [-0.39, 0.29) is 11.7 Å². The van der Waals surface area contributed by atoms with E-state index in [0.717, 1.165) is 30.8 Å². The van der Waals surface area contributed by atoms with Crippen LogP contribution in [0.25, 0.3) is 10.8 Å². The van der Waals surface area contributed by atoms with Gasteiger partial charge in [0.05, 0.1) is 12.0 Å². The molecule has 3 aromatic heterocycles. The molecule has 26 heavy (non-hydrogen) atoms. The zero-order chi connectivity index (χ0) is 17.9. The van der Waals surface area contributed by atoms with Gasteiger partial charge in [-0.15, -0.1) is 26.6 Å². The predicted molar refractivity (Wildman–Crippen MR) is 95.6 cm³/mol. The van der Waals surface area contributed by atoms with Crippen LogP contribution in [0.15, 0.2) is 28.0 Å². The van der Waals surface area contributed by atoms with Crippen LogP contribution in [0.1, 0.15) is 23.3 Å². The number of anilines is 2. The molecule has 1 N–H and O–H groups in total. The number of carbonyl (C=O) groups excluding carboxylic acids is 1. The first-order valence-corrected chi connectivity index (χ1v) is 8.98. The fourth-order valence-corrected chi connectivity index (χ4v) is 3.35. The van der Waals surface area contributed by atoms with Crippen molar-refractivity contribution in [1.29, 1.82) is 0 Å². The van der Waals surface area contributed by atoms with Gasteiger partial charge in [0.1, 0.15) is 0 Å². The van der Waals surface area contributed by atoms with E-state index < -0.39 is 5.91 Å². The van der Waals surface area contributed by atoms with E-state index in [1.54, 1.807) is 6.07 Å². The summed E-state index contributed by atoms with van der Waals surface area (Å²) in [5.41, 5.74) is 0.0614. The van der Waals surface area contributed by atoms with Crippen molar-refractivity contribution >= 4 is 29.1 Å². The second kappa shape index (κ2) is 7.08. The molecule has 4 heterocycles. The summed E-state index contributed by atoms with van der Waals surface area (Å²) in [6.07, 6.45) is 2.24. The van der Waals surface area contributed by atoms with E-state index in [0.29, 0.717) is 17.5 Å². The second-order valence-corrected chi connectivity index (χ2v) is 6.61. The minimum atomic E-state index is -0.524. The van der Waals surface area contributed by atoms with Gasteiger partial charge >= 0.3 is 6.01 Å². The lowest BCUT2D eigenvalue weighted by molar-refractivity contribution is 0.101. The molecule has 1 fully saturated rings. The zero-order valence-electron chi connectivity index (χ0n) is 14.0. The third kappa shape index (κ3) is 3.23. The SMILES string of the molecule is COc1cc(N2CCCC2)nnc1C(=O)Nc1nnc(-c2cccs2)o1. The molecule has 0 aromatic carbocycles. The lowest BCUT2D eigenvalue weighted by Gasteiger charge is -2.16. The lowest BCUT2D eigenvalue weighted by Crippen LogP contribution is -2.21. The summed E-state index contributed by atoms with van der Waals surface area (Å²) in [6, 6.07) is 5.45. The summed E-state index contributed by atoms with van der Waals surface area (Å²) in [6.45, 7) is 1.85. The molecular weight excluding hydrogens is 356 g/mol. The van der Waals surface area contributed by atoms with Gasteiger partial charge in [-0.25, -0.2) is 0 Å². The smallest absolute Gasteiger partial charge is 0.322 e. The molecule has 3 aromatic rings. The fourth-order valence-electron chi connectivity index (χ4n) is 2.71. The van der Waals surface area contributed by atoms with Crippen molar-refractivity contribution in [2.45, 2.75) is 12.8 Å². The van der Waals surface area contributed by atoms with E-state index >= 15 is 0 Å².